The Morgan fingerprint density at radius 3 is 2.63 bits per heavy atom. The first-order chi connectivity index (χ1) is 12.3. The summed E-state index contributed by atoms with van der Waals surface area (Å²) in [6.07, 6.45) is 0.364. The molecule has 148 valence electrons. The summed E-state index contributed by atoms with van der Waals surface area (Å²) in [6.45, 7) is 2.04. The minimum atomic E-state index is -1.68. The maximum atomic E-state index is 14.1. The van der Waals surface area contributed by atoms with Crippen molar-refractivity contribution in [2.45, 2.75) is 32.1 Å². The molecule has 2 heterocycles. The molecule has 27 heavy (non-hydrogen) atoms. The summed E-state index contributed by atoms with van der Waals surface area (Å²) in [5.41, 5.74) is -1.62. The van der Waals surface area contributed by atoms with Crippen molar-refractivity contribution in [3.8, 4) is 0 Å². The van der Waals surface area contributed by atoms with E-state index in [0.717, 1.165) is 6.20 Å². The van der Waals surface area contributed by atoms with Crippen molar-refractivity contribution in [3.05, 3.63) is 45.5 Å². The lowest BCUT2D eigenvalue weighted by atomic mass is 10.1. The van der Waals surface area contributed by atoms with Gasteiger partial charge in [0.25, 0.3) is 5.91 Å². The standard InChI is InChI=1S/C17H17F4N3O2.ClH/c1-2-24-7-11(17(26)23-6-9-3-8(18)5-22-9)16(25)10-4-12(19)13(20)14(21)15(10)24;/h4,7-9,22H,2-3,5-6H2,1H3,(H,23,26);1H/t8-,9-;/m0./s1. The van der Waals surface area contributed by atoms with E-state index in [1.807, 2.05) is 0 Å². The highest BCUT2D eigenvalue weighted by molar-refractivity contribution is 5.97. The smallest absolute Gasteiger partial charge is 0.256 e. The molecule has 0 aliphatic carbocycles. The van der Waals surface area contributed by atoms with E-state index in [2.05, 4.69) is 10.6 Å². The Labute approximate surface area is 158 Å². The highest BCUT2D eigenvalue weighted by Gasteiger charge is 2.25. The van der Waals surface area contributed by atoms with Gasteiger partial charge in [-0.3, -0.25) is 9.59 Å². The van der Waals surface area contributed by atoms with Gasteiger partial charge >= 0.3 is 0 Å². The molecule has 1 aromatic heterocycles. The van der Waals surface area contributed by atoms with E-state index in [1.165, 1.54) is 4.57 Å². The number of carbonyl (C=O) groups is 1. The van der Waals surface area contributed by atoms with Gasteiger partial charge in [-0.2, -0.15) is 0 Å². The van der Waals surface area contributed by atoms with Crippen LogP contribution in [0.4, 0.5) is 17.6 Å². The number of pyridine rings is 1. The minimum absolute atomic E-state index is 0. The van der Waals surface area contributed by atoms with Gasteiger partial charge in [0.1, 0.15) is 11.7 Å². The largest absolute Gasteiger partial charge is 0.350 e. The number of carbonyl (C=O) groups excluding carboxylic acids is 1. The Kier molecular flexibility index (Phi) is 6.48. The summed E-state index contributed by atoms with van der Waals surface area (Å²) in [6, 6.07) is 0.331. The zero-order chi connectivity index (χ0) is 19.0. The first kappa shape index (κ1) is 21.2. The maximum Gasteiger partial charge on any atom is 0.256 e. The first-order valence-corrected chi connectivity index (χ1v) is 8.19. The third-order valence-corrected chi connectivity index (χ3v) is 4.46. The van der Waals surface area contributed by atoms with Crippen LogP contribution in [0.25, 0.3) is 10.9 Å². The SMILES string of the molecule is CCn1cc(C(=O)NC[C@@H]2C[C@H](F)CN2)c(=O)c2cc(F)c(F)c(F)c21.Cl. The molecule has 3 rings (SSSR count). The van der Waals surface area contributed by atoms with Crippen molar-refractivity contribution in [1.82, 2.24) is 15.2 Å². The molecule has 1 aromatic carbocycles. The quantitative estimate of drug-likeness (QED) is 0.604. The number of halogens is 5. The fraction of sp³-hybridized carbons (Fsp3) is 0.412. The van der Waals surface area contributed by atoms with Gasteiger partial charge in [0.05, 0.1) is 10.9 Å². The molecule has 1 saturated heterocycles. The molecule has 0 unspecified atom stereocenters. The second-order valence-electron chi connectivity index (χ2n) is 6.19. The average Bonchev–Trinajstić information content (AvgIpc) is 3.04. The summed E-state index contributed by atoms with van der Waals surface area (Å²) >= 11 is 0. The van der Waals surface area contributed by atoms with Crippen LogP contribution in [0.5, 0.6) is 0 Å². The number of alkyl halides is 1. The van der Waals surface area contributed by atoms with Gasteiger partial charge in [-0.05, 0) is 19.4 Å². The monoisotopic (exact) mass is 407 g/mol. The zero-order valence-corrected chi connectivity index (χ0v) is 15.1. The van der Waals surface area contributed by atoms with Crippen molar-refractivity contribution in [2.75, 3.05) is 13.1 Å². The van der Waals surface area contributed by atoms with Gasteiger partial charge < -0.3 is 15.2 Å². The number of aromatic nitrogens is 1. The number of nitrogens with one attached hydrogen (secondary N) is 2. The molecular formula is C17H18ClF4N3O2. The molecule has 0 radical (unpaired) electrons. The third kappa shape index (κ3) is 3.93. The van der Waals surface area contributed by atoms with Gasteiger partial charge in [-0.15, -0.1) is 12.4 Å². The molecule has 2 aromatic rings. The lowest BCUT2D eigenvalue weighted by Gasteiger charge is -2.14. The van der Waals surface area contributed by atoms with Crippen LogP contribution in [-0.2, 0) is 6.54 Å². The number of rotatable bonds is 4. The van der Waals surface area contributed by atoms with Gasteiger partial charge in [-0.25, -0.2) is 17.6 Å². The lowest BCUT2D eigenvalue weighted by Crippen LogP contribution is -2.39. The summed E-state index contributed by atoms with van der Waals surface area (Å²) in [4.78, 5) is 24.8. The Hall–Kier alpha value is -2.13. The van der Waals surface area contributed by atoms with Crippen molar-refractivity contribution < 1.29 is 22.4 Å². The van der Waals surface area contributed by atoms with Crippen LogP contribution in [-0.4, -0.2) is 35.8 Å². The van der Waals surface area contributed by atoms with E-state index < -0.39 is 45.9 Å². The van der Waals surface area contributed by atoms with Crippen molar-refractivity contribution in [1.29, 1.82) is 0 Å². The molecule has 0 spiro atoms. The van der Waals surface area contributed by atoms with Crippen LogP contribution in [0.1, 0.15) is 23.7 Å². The van der Waals surface area contributed by atoms with E-state index in [-0.39, 0.29) is 50.1 Å². The third-order valence-electron chi connectivity index (χ3n) is 4.46. The number of benzene rings is 1. The van der Waals surface area contributed by atoms with Gasteiger partial charge in [0, 0.05) is 31.9 Å². The number of nitrogens with zero attached hydrogens (tertiary/aromatic N) is 1. The molecule has 1 amide bonds. The molecule has 1 aliphatic rings. The predicted molar refractivity (Wildman–Crippen MR) is 94.6 cm³/mol. The topological polar surface area (TPSA) is 63.1 Å². The van der Waals surface area contributed by atoms with Crippen molar-refractivity contribution >= 4 is 29.2 Å². The van der Waals surface area contributed by atoms with Crippen molar-refractivity contribution in [2.24, 2.45) is 0 Å². The Bertz CT molecular complexity index is 935. The zero-order valence-electron chi connectivity index (χ0n) is 14.3. The molecule has 0 bridgehead atoms. The van der Waals surface area contributed by atoms with E-state index in [9.17, 15) is 27.2 Å². The maximum absolute atomic E-state index is 14.1. The van der Waals surface area contributed by atoms with E-state index in [0.29, 0.717) is 6.07 Å². The second kappa shape index (κ2) is 8.26. The van der Waals surface area contributed by atoms with E-state index in [4.69, 9.17) is 0 Å². The number of amides is 1. The Morgan fingerprint density at radius 1 is 1.33 bits per heavy atom. The fourth-order valence-corrected chi connectivity index (χ4v) is 3.11. The number of hydrogen-bond donors (Lipinski definition) is 2. The number of fused-ring (bicyclic) bond motifs is 1. The molecular weight excluding hydrogens is 390 g/mol. The van der Waals surface area contributed by atoms with Crippen LogP contribution in [0.15, 0.2) is 17.1 Å². The summed E-state index contributed by atoms with van der Waals surface area (Å²) in [7, 11) is 0. The van der Waals surface area contributed by atoms with Crippen molar-refractivity contribution in [3.63, 3.8) is 0 Å². The van der Waals surface area contributed by atoms with Gasteiger partial charge in [-0.1, -0.05) is 0 Å². The van der Waals surface area contributed by atoms with Crippen LogP contribution in [0, 0.1) is 17.5 Å². The summed E-state index contributed by atoms with van der Waals surface area (Å²) < 4.78 is 55.5. The first-order valence-electron chi connectivity index (χ1n) is 8.19. The highest BCUT2D eigenvalue weighted by atomic mass is 35.5. The number of aryl methyl sites for hydroxylation is 1. The van der Waals surface area contributed by atoms with Crippen LogP contribution >= 0.6 is 12.4 Å². The predicted octanol–water partition coefficient (Wildman–Crippen LogP) is 2.29. The van der Waals surface area contributed by atoms with Gasteiger partial charge in [0.2, 0.25) is 5.43 Å². The Morgan fingerprint density at radius 2 is 2.04 bits per heavy atom. The van der Waals surface area contributed by atoms with Crippen LogP contribution in [0.3, 0.4) is 0 Å². The van der Waals surface area contributed by atoms with Crippen LogP contribution in [0.2, 0.25) is 0 Å². The molecule has 5 nitrogen and oxygen atoms in total. The molecule has 2 atom stereocenters. The van der Waals surface area contributed by atoms with Crippen LogP contribution < -0.4 is 16.1 Å². The summed E-state index contributed by atoms with van der Waals surface area (Å²) in [5.74, 6) is -5.40. The summed E-state index contributed by atoms with van der Waals surface area (Å²) in [5, 5.41) is 4.99. The molecule has 1 aliphatic heterocycles. The Balaban J connectivity index is 0.00000261. The number of hydrogen-bond acceptors (Lipinski definition) is 3. The second-order valence-corrected chi connectivity index (χ2v) is 6.19. The normalized spacial score (nSPS) is 19.1. The minimum Gasteiger partial charge on any atom is -0.350 e. The van der Waals surface area contributed by atoms with E-state index >= 15 is 0 Å². The molecule has 2 N–H and O–H groups in total. The fourth-order valence-electron chi connectivity index (χ4n) is 3.11. The average molecular weight is 408 g/mol. The lowest BCUT2D eigenvalue weighted by molar-refractivity contribution is 0.0948. The molecule has 1 fully saturated rings. The van der Waals surface area contributed by atoms with Gasteiger partial charge in [0.15, 0.2) is 17.5 Å². The van der Waals surface area contributed by atoms with E-state index in [1.54, 1.807) is 6.92 Å². The molecule has 10 heteroatoms. The molecule has 0 saturated carbocycles. The highest BCUT2D eigenvalue weighted by Crippen LogP contribution is 2.21.